The van der Waals surface area contributed by atoms with Crippen LogP contribution in [-0.2, 0) is 16.1 Å². The standard InChI is InChI=1S/C17H17F5O2/c1-7(18)5-10-11(17(10,3)4)16(23)24-6-9-14(21)12(19)8(2)13(20)15(9)22/h5,10-11H,6H2,1-4H3/t10-,11+/m1/s1. The van der Waals surface area contributed by atoms with Crippen LogP contribution < -0.4 is 0 Å². The van der Waals surface area contributed by atoms with Crippen LogP contribution in [0.4, 0.5) is 22.0 Å². The SMILES string of the molecule is CC(F)=C[C@@H]1[C@@H](C(=O)OCc2c(F)c(F)c(C)c(F)c2F)C1(C)C. The van der Waals surface area contributed by atoms with Crippen LogP contribution in [0.15, 0.2) is 11.9 Å². The zero-order valence-electron chi connectivity index (χ0n) is 13.6. The maximum Gasteiger partial charge on any atom is 0.310 e. The van der Waals surface area contributed by atoms with Gasteiger partial charge in [-0.25, -0.2) is 22.0 Å². The molecule has 2 nitrogen and oxygen atoms in total. The van der Waals surface area contributed by atoms with Crippen LogP contribution in [0, 0.1) is 47.4 Å². The molecular formula is C17H17F5O2. The Bertz CT molecular complexity index is 691. The minimum atomic E-state index is -1.59. The van der Waals surface area contributed by atoms with Crippen LogP contribution in [0.2, 0.25) is 0 Å². The fourth-order valence-electron chi connectivity index (χ4n) is 2.83. The molecule has 0 radical (unpaired) electrons. The zero-order valence-corrected chi connectivity index (χ0v) is 13.6. The van der Waals surface area contributed by atoms with E-state index in [4.69, 9.17) is 4.74 Å². The Morgan fingerprint density at radius 3 is 2.08 bits per heavy atom. The molecule has 0 unspecified atom stereocenters. The Morgan fingerprint density at radius 1 is 1.12 bits per heavy atom. The number of benzene rings is 1. The van der Waals surface area contributed by atoms with Crippen LogP contribution in [0.25, 0.3) is 0 Å². The molecule has 0 spiro atoms. The third kappa shape index (κ3) is 3.03. The van der Waals surface area contributed by atoms with E-state index in [2.05, 4.69) is 0 Å². The van der Waals surface area contributed by atoms with E-state index in [1.807, 2.05) is 0 Å². The summed E-state index contributed by atoms with van der Waals surface area (Å²) in [5, 5.41) is 0. The monoisotopic (exact) mass is 348 g/mol. The number of rotatable bonds is 4. The number of ether oxygens (including phenoxy) is 1. The van der Waals surface area contributed by atoms with Crippen molar-refractivity contribution >= 4 is 5.97 Å². The van der Waals surface area contributed by atoms with E-state index in [9.17, 15) is 26.7 Å². The molecule has 0 aromatic heterocycles. The van der Waals surface area contributed by atoms with E-state index in [0.717, 1.165) is 6.92 Å². The predicted molar refractivity (Wildman–Crippen MR) is 76.4 cm³/mol. The summed E-state index contributed by atoms with van der Waals surface area (Å²) in [5.41, 5.74) is -2.34. The highest BCUT2D eigenvalue weighted by molar-refractivity contribution is 5.78. The molecule has 1 aromatic rings. The van der Waals surface area contributed by atoms with Gasteiger partial charge in [0, 0.05) is 5.56 Å². The number of hydrogen-bond donors (Lipinski definition) is 0. The molecule has 0 saturated heterocycles. The topological polar surface area (TPSA) is 26.3 Å². The first-order valence-electron chi connectivity index (χ1n) is 7.32. The van der Waals surface area contributed by atoms with Crippen molar-refractivity contribution in [3.8, 4) is 0 Å². The van der Waals surface area contributed by atoms with E-state index in [1.165, 1.54) is 13.0 Å². The minimum absolute atomic E-state index is 0.406. The molecule has 2 atom stereocenters. The lowest BCUT2D eigenvalue weighted by Gasteiger charge is -2.10. The summed E-state index contributed by atoms with van der Waals surface area (Å²) in [4.78, 5) is 12.0. The van der Waals surface area contributed by atoms with Gasteiger partial charge in [-0.1, -0.05) is 13.8 Å². The molecule has 2 rings (SSSR count). The molecule has 1 aliphatic carbocycles. The first-order chi connectivity index (χ1) is 11.0. The molecule has 0 aliphatic heterocycles. The Kier molecular flexibility index (Phi) is 4.74. The Labute approximate surface area is 136 Å². The van der Waals surface area contributed by atoms with E-state index >= 15 is 0 Å². The van der Waals surface area contributed by atoms with Gasteiger partial charge in [-0.2, -0.15) is 0 Å². The first kappa shape index (κ1) is 18.4. The van der Waals surface area contributed by atoms with Gasteiger partial charge >= 0.3 is 5.97 Å². The fraction of sp³-hybridized carbons (Fsp3) is 0.471. The van der Waals surface area contributed by atoms with E-state index in [0.29, 0.717) is 0 Å². The van der Waals surface area contributed by atoms with E-state index in [-0.39, 0.29) is 0 Å². The number of carbonyl (C=O) groups excluding carboxylic acids is 1. The second kappa shape index (κ2) is 6.18. The number of hydrogen-bond acceptors (Lipinski definition) is 2. The smallest absolute Gasteiger partial charge is 0.310 e. The first-order valence-corrected chi connectivity index (χ1v) is 7.32. The van der Waals surface area contributed by atoms with Gasteiger partial charge in [-0.3, -0.25) is 4.79 Å². The van der Waals surface area contributed by atoms with Gasteiger partial charge in [0.1, 0.15) is 6.61 Å². The summed E-state index contributed by atoms with van der Waals surface area (Å²) in [6.07, 6.45) is 1.28. The van der Waals surface area contributed by atoms with Crippen LogP contribution in [0.1, 0.15) is 31.9 Å². The van der Waals surface area contributed by atoms with Gasteiger partial charge in [0.15, 0.2) is 23.3 Å². The van der Waals surface area contributed by atoms with Gasteiger partial charge < -0.3 is 4.74 Å². The van der Waals surface area contributed by atoms with Crippen molar-refractivity contribution in [1.82, 2.24) is 0 Å². The van der Waals surface area contributed by atoms with Crippen LogP contribution in [-0.4, -0.2) is 5.97 Å². The van der Waals surface area contributed by atoms with Crippen molar-refractivity contribution in [1.29, 1.82) is 0 Å². The van der Waals surface area contributed by atoms with E-state index in [1.54, 1.807) is 13.8 Å². The highest BCUT2D eigenvalue weighted by Gasteiger charge is 2.61. The van der Waals surface area contributed by atoms with Gasteiger partial charge in [0.05, 0.1) is 17.3 Å². The third-order valence-electron chi connectivity index (χ3n) is 4.51. The minimum Gasteiger partial charge on any atom is -0.460 e. The van der Waals surface area contributed by atoms with Crippen LogP contribution >= 0.6 is 0 Å². The summed E-state index contributed by atoms with van der Waals surface area (Å²) in [6.45, 7) is 4.63. The summed E-state index contributed by atoms with van der Waals surface area (Å²) in [7, 11) is 0. The molecule has 1 aromatic carbocycles. The number of carbonyl (C=O) groups is 1. The number of esters is 1. The summed E-state index contributed by atoms with van der Waals surface area (Å²) in [5.74, 6) is -8.59. The fourth-order valence-corrected chi connectivity index (χ4v) is 2.83. The maximum atomic E-state index is 13.7. The molecule has 0 N–H and O–H groups in total. The molecule has 0 bridgehead atoms. The van der Waals surface area contributed by atoms with Gasteiger partial charge in [-0.05, 0) is 31.3 Å². The highest BCUT2D eigenvalue weighted by Crippen LogP contribution is 2.59. The lowest BCUT2D eigenvalue weighted by atomic mass is 10.1. The van der Waals surface area contributed by atoms with Crippen LogP contribution in [0.3, 0.4) is 0 Å². The number of halogens is 5. The lowest BCUT2D eigenvalue weighted by Crippen LogP contribution is -2.14. The zero-order chi connectivity index (χ0) is 18.4. The molecule has 0 heterocycles. The van der Waals surface area contributed by atoms with Crippen molar-refractivity contribution in [2.45, 2.75) is 34.3 Å². The molecule has 1 aliphatic rings. The largest absolute Gasteiger partial charge is 0.460 e. The van der Waals surface area contributed by atoms with Crippen molar-refractivity contribution in [2.24, 2.45) is 17.3 Å². The molecule has 132 valence electrons. The van der Waals surface area contributed by atoms with Gasteiger partial charge in [0.25, 0.3) is 0 Å². The molecule has 24 heavy (non-hydrogen) atoms. The van der Waals surface area contributed by atoms with Crippen LogP contribution in [0.5, 0.6) is 0 Å². The van der Waals surface area contributed by atoms with E-state index < -0.39 is 70.0 Å². The second-order valence-corrected chi connectivity index (χ2v) is 6.55. The Balaban J connectivity index is 2.16. The average Bonchev–Trinajstić information content (AvgIpc) is 3.02. The average molecular weight is 348 g/mol. The normalized spacial score (nSPS) is 22.5. The summed E-state index contributed by atoms with van der Waals surface area (Å²) >= 11 is 0. The molecular weight excluding hydrogens is 331 g/mol. The third-order valence-corrected chi connectivity index (χ3v) is 4.51. The van der Waals surface area contributed by atoms with Crippen molar-refractivity contribution in [3.63, 3.8) is 0 Å². The highest BCUT2D eigenvalue weighted by atomic mass is 19.2. The Morgan fingerprint density at radius 2 is 1.62 bits per heavy atom. The number of allylic oxidation sites excluding steroid dienone is 2. The molecule has 1 fully saturated rings. The predicted octanol–water partition coefficient (Wildman–Crippen LogP) is 4.74. The lowest BCUT2D eigenvalue weighted by molar-refractivity contribution is -0.147. The maximum absolute atomic E-state index is 13.7. The Hall–Kier alpha value is -1.92. The summed E-state index contributed by atoms with van der Waals surface area (Å²) in [6, 6.07) is 0. The van der Waals surface area contributed by atoms with Gasteiger partial charge in [-0.15, -0.1) is 0 Å². The van der Waals surface area contributed by atoms with Crippen molar-refractivity contribution in [3.05, 3.63) is 46.3 Å². The summed E-state index contributed by atoms with van der Waals surface area (Å²) < 4.78 is 72.2. The van der Waals surface area contributed by atoms with Gasteiger partial charge in [0.2, 0.25) is 0 Å². The van der Waals surface area contributed by atoms with Crippen molar-refractivity contribution in [2.75, 3.05) is 0 Å². The van der Waals surface area contributed by atoms with Crippen molar-refractivity contribution < 1.29 is 31.5 Å². The quantitative estimate of drug-likeness (QED) is 0.446. The molecule has 1 saturated carbocycles. The molecule has 7 heteroatoms. The molecule has 0 amide bonds. The second-order valence-electron chi connectivity index (χ2n) is 6.55.